The van der Waals surface area contributed by atoms with Gasteiger partial charge in [-0.25, -0.2) is 0 Å². The summed E-state index contributed by atoms with van der Waals surface area (Å²) in [4.78, 5) is 20.1. The van der Waals surface area contributed by atoms with E-state index in [1.807, 2.05) is 38.1 Å². The number of para-hydroxylation sites is 1. The van der Waals surface area contributed by atoms with E-state index >= 15 is 0 Å². The van der Waals surface area contributed by atoms with E-state index in [1.165, 1.54) is 8.61 Å². The van der Waals surface area contributed by atoms with E-state index in [9.17, 15) is 13.2 Å². The van der Waals surface area contributed by atoms with E-state index in [4.69, 9.17) is 4.98 Å². The molecule has 8 heteroatoms. The Balaban J connectivity index is 1.59. The lowest BCUT2D eigenvalue weighted by atomic mass is 10.00. The van der Waals surface area contributed by atoms with Gasteiger partial charge in [-0.2, -0.15) is 17.0 Å². The molecule has 1 aliphatic carbocycles. The largest absolute Gasteiger partial charge is 0.336 e. The van der Waals surface area contributed by atoms with Crippen LogP contribution in [0.5, 0.6) is 0 Å². The van der Waals surface area contributed by atoms with Gasteiger partial charge in [-0.1, -0.05) is 32.0 Å². The molecule has 0 atom stereocenters. The number of aryl methyl sites for hydroxylation is 1. The fraction of sp³-hybridized carbons (Fsp3) is 0.524. The summed E-state index contributed by atoms with van der Waals surface area (Å²) in [5.74, 6) is 0.00152. The smallest absolute Gasteiger partial charge is 0.282 e. The Labute approximate surface area is 172 Å². The lowest BCUT2D eigenvalue weighted by Crippen LogP contribution is -2.54. The fourth-order valence-corrected chi connectivity index (χ4v) is 6.05. The van der Waals surface area contributed by atoms with Gasteiger partial charge in [0.1, 0.15) is 0 Å². The SMILES string of the molecule is CCN(CC)S(=O)(=O)N1CCN(C(=O)c2c3c(nc4ccccc24)CCC3)CC1. The Morgan fingerprint density at radius 3 is 2.45 bits per heavy atom. The number of pyridine rings is 1. The van der Waals surface area contributed by atoms with Crippen LogP contribution in [-0.2, 0) is 23.1 Å². The number of nitrogens with zero attached hydrogens (tertiary/aromatic N) is 4. The summed E-state index contributed by atoms with van der Waals surface area (Å²) in [7, 11) is -3.46. The number of piperazine rings is 1. The van der Waals surface area contributed by atoms with Gasteiger partial charge in [-0.05, 0) is 30.9 Å². The summed E-state index contributed by atoms with van der Waals surface area (Å²) in [5.41, 5.74) is 3.74. The van der Waals surface area contributed by atoms with E-state index in [2.05, 4.69) is 0 Å². The van der Waals surface area contributed by atoms with Gasteiger partial charge in [0.05, 0.1) is 11.1 Å². The maximum Gasteiger partial charge on any atom is 0.282 e. The fourth-order valence-electron chi connectivity index (χ4n) is 4.45. The normalized spacial score (nSPS) is 17.8. The van der Waals surface area contributed by atoms with Crippen molar-refractivity contribution < 1.29 is 13.2 Å². The van der Waals surface area contributed by atoms with E-state index < -0.39 is 10.2 Å². The lowest BCUT2D eigenvalue weighted by Gasteiger charge is -2.36. The maximum absolute atomic E-state index is 13.5. The molecule has 1 amide bonds. The zero-order chi connectivity index (χ0) is 20.6. The Kier molecular flexibility index (Phi) is 5.59. The summed E-state index contributed by atoms with van der Waals surface area (Å²) < 4.78 is 28.5. The van der Waals surface area contributed by atoms with E-state index in [0.29, 0.717) is 39.3 Å². The zero-order valence-corrected chi connectivity index (χ0v) is 17.9. The second-order valence-electron chi connectivity index (χ2n) is 7.57. The van der Waals surface area contributed by atoms with Gasteiger partial charge in [-0.3, -0.25) is 9.78 Å². The first kappa shape index (κ1) is 20.3. The first-order chi connectivity index (χ1) is 14.0. The van der Waals surface area contributed by atoms with Crippen molar-refractivity contribution in [1.82, 2.24) is 18.5 Å². The van der Waals surface area contributed by atoms with Gasteiger partial charge >= 0.3 is 0 Å². The molecular formula is C21H28N4O3S. The van der Waals surface area contributed by atoms with Gasteiger partial charge in [0, 0.05) is 50.3 Å². The number of carbonyl (C=O) groups is 1. The first-order valence-electron chi connectivity index (χ1n) is 10.4. The van der Waals surface area contributed by atoms with Crippen LogP contribution in [0.25, 0.3) is 10.9 Å². The van der Waals surface area contributed by atoms with Gasteiger partial charge in [0.15, 0.2) is 0 Å². The highest BCUT2D eigenvalue weighted by Gasteiger charge is 2.34. The molecule has 7 nitrogen and oxygen atoms in total. The van der Waals surface area contributed by atoms with E-state index in [1.54, 1.807) is 4.90 Å². The molecule has 1 fully saturated rings. The Hall–Kier alpha value is -2.03. The molecule has 2 heterocycles. The third-order valence-corrected chi connectivity index (χ3v) is 8.20. The van der Waals surface area contributed by atoms with Crippen LogP contribution in [0.3, 0.4) is 0 Å². The highest BCUT2D eigenvalue weighted by Crippen LogP contribution is 2.31. The van der Waals surface area contributed by atoms with Crippen molar-refractivity contribution in [3.05, 3.63) is 41.1 Å². The minimum atomic E-state index is -3.46. The second kappa shape index (κ2) is 8.01. The Bertz CT molecular complexity index is 1030. The number of rotatable bonds is 5. The van der Waals surface area contributed by atoms with Crippen molar-refractivity contribution in [3.8, 4) is 0 Å². The van der Waals surface area contributed by atoms with E-state index in [-0.39, 0.29) is 5.91 Å². The van der Waals surface area contributed by atoms with Crippen LogP contribution in [0.15, 0.2) is 24.3 Å². The predicted molar refractivity (Wildman–Crippen MR) is 113 cm³/mol. The minimum absolute atomic E-state index is 0.00152. The number of hydrogen-bond donors (Lipinski definition) is 0. The second-order valence-corrected chi connectivity index (χ2v) is 9.49. The summed E-state index contributed by atoms with van der Waals surface area (Å²) in [6, 6.07) is 7.81. The molecule has 2 aliphatic rings. The van der Waals surface area contributed by atoms with Crippen molar-refractivity contribution in [1.29, 1.82) is 0 Å². The molecule has 1 saturated heterocycles. The minimum Gasteiger partial charge on any atom is -0.336 e. The van der Waals surface area contributed by atoms with Crippen molar-refractivity contribution in [2.75, 3.05) is 39.3 Å². The molecule has 2 aromatic rings. The Morgan fingerprint density at radius 2 is 1.76 bits per heavy atom. The average Bonchev–Trinajstić information content (AvgIpc) is 3.20. The summed E-state index contributed by atoms with van der Waals surface area (Å²) in [5, 5.41) is 0.899. The van der Waals surface area contributed by atoms with Crippen LogP contribution in [0.4, 0.5) is 0 Å². The molecule has 1 aromatic heterocycles. The van der Waals surface area contributed by atoms with Gasteiger partial charge in [0.25, 0.3) is 16.1 Å². The molecule has 156 valence electrons. The monoisotopic (exact) mass is 416 g/mol. The number of hydrogen-bond acceptors (Lipinski definition) is 4. The van der Waals surface area contributed by atoms with Gasteiger partial charge in [-0.15, -0.1) is 0 Å². The molecule has 0 radical (unpaired) electrons. The van der Waals surface area contributed by atoms with Crippen LogP contribution >= 0.6 is 0 Å². The maximum atomic E-state index is 13.5. The zero-order valence-electron chi connectivity index (χ0n) is 17.1. The number of aromatic nitrogens is 1. The standard InChI is InChI=1S/C21H28N4O3S/c1-3-24(4-2)29(27,28)25-14-12-23(13-15-25)21(26)20-16-8-5-6-10-18(16)22-19-11-7-9-17(19)20/h5-6,8,10H,3-4,7,9,11-15H2,1-2H3. The molecule has 0 N–H and O–H groups in total. The predicted octanol–water partition coefficient (Wildman–Crippen LogP) is 2.07. The highest BCUT2D eigenvalue weighted by molar-refractivity contribution is 7.86. The number of fused-ring (bicyclic) bond motifs is 2. The summed E-state index contributed by atoms with van der Waals surface area (Å²) in [6.45, 7) is 6.06. The van der Waals surface area contributed by atoms with Crippen molar-refractivity contribution in [2.45, 2.75) is 33.1 Å². The van der Waals surface area contributed by atoms with Gasteiger partial charge in [0.2, 0.25) is 0 Å². The number of benzene rings is 1. The molecule has 4 rings (SSSR count). The third-order valence-electron chi connectivity index (χ3n) is 6.02. The highest BCUT2D eigenvalue weighted by atomic mass is 32.2. The quantitative estimate of drug-likeness (QED) is 0.748. The van der Waals surface area contributed by atoms with Crippen LogP contribution in [0.2, 0.25) is 0 Å². The summed E-state index contributed by atoms with van der Waals surface area (Å²) >= 11 is 0. The molecule has 1 aromatic carbocycles. The molecular weight excluding hydrogens is 388 g/mol. The number of amides is 1. The van der Waals surface area contributed by atoms with Crippen molar-refractivity contribution >= 4 is 27.0 Å². The lowest BCUT2D eigenvalue weighted by molar-refractivity contribution is 0.0695. The topological polar surface area (TPSA) is 73.8 Å². The summed E-state index contributed by atoms with van der Waals surface area (Å²) in [6.07, 6.45) is 2.82. The van der Waals surface area contributed by atoms with Crippen molar-refractivity contribution in [2.24, 2.45) is 0 Å². The molecule has 0 saturated carbocycles. The molecule has 1 aliphatic heterocycles. The third kappa shape index (κ3) is 3.53. The molecule has 0 spiro atoms. The Morgan fingerprint density at radius 1 is 1.07 bits per heavy atom. The molecule has 29 heavy (non-hydrogen) atoms. The first-order valence-corrected chi connectivity index (χ1v) is 11.8. The average molecular weight is 417 g/mol. The van der Waals surface area contributed by atoms with E-state index in [0.717, 1.165) is 47.0 Å². The van der Waals surface area contributed by atoms with Crippen LogP contribution in [0, 0.1) is 0 Å². The van der Waals surface area contributed by atoms with Crippen LogP contribution in [-0.4, -0.2) is 72.1 Å². The van der Waals surface area contributed by atoms with Crippen LogP contribution < -0.4 is 0 Å². The van der Waals surface area contributed by atoms with Crippen LogP contribution in [0.1, 0.15) is 41.9 Å². The molecule has 0 unspecified atom stereocenters. The van der Waals surface area contributed by atoms with Crippen molar-refractivity contribution in [3.63, 3.8) is 0 Å². The van der Waals surface area contributed by atoms with Gasteiger partial charge < -0.3 is 4.90 Å². The number of carbonyl (C=O) groups excluding carboxylic acids is 1. The molecule has 0 bridgehead atoms.